The lowest BCUT2D eigenvalue weighted by atomic mass is 10.2. The van der Waals surface area contributed by atoms with Crippen molar-refractivity contribution in [3.05, 3.63) is 132 Å². The summed E-state index contributed by atoms with van der Waals surface area (Å²) in [6.45, 7) is 2.02. The zero-order chi connectivity index (χ0) is 23.2. The Morgan fingerprint density at radius 1 is 0.545 bits per heavy atom. The smallest absolute Gasteiger partial charge is 0.146 e. The third-order valence-corrected chi connectivity index (χ3v) is 13.1. The third kappa shape index (κ3) is 5.64. The molecule has 4 heteroatoms. The van der Waals surface area contributed by atoms with Gasteiger partial charge in [-0.1, -0.05) is 128 Å². The molecule has 4 rings (SSSR count). The lowest BCUT2D eigenvalue weighted by Crippen LogP contribution is -2.26. The Bertz CT molecular complexity index is 1150. The molecule has 0 aliphatic rings. The van der Waals surface area contributed by atoms with Crippen LogP contribution in [0.25, 0.3) is 0 Å². The van der Waals surface area contributed by atoms with E-state index in [-0.39, 0.29) is 5.66 Å². The Hall–Kier alpha value is -2.66. The number of hydrogen-bond acceptors (Lipinski definition) is 2. The first-order valence-corrected chi connectivity index (χ1v) is 15.4. The Kier molecular flexibility index (Phi) is 7.49. The Balaban J connectivity index is 1.73. The molecule has 0 saturated carbocycles. The van der Waals surface area contributed by atoms with Gasteiger partial charge in [0, 0.05) is 34.8 Å². The molecule has 2 nitrogen and oxygen atoms in total. The van der Waals surface area contributed by atoms with Crippen LogP contribution in [0.3, 0.4) is 0 Å². The summed E-state index contributed by atoms with van der Waals surface area (Å²) in [5, 5.41) is 1.66. The Morgan fingerprint density at radius 2 is 0.879 bits per heavy atom. The fourth-order valence-corrected chi connectivity index (χ4v) is 12.0. The van der Waals surface area contributed by atoms with Gasteiger partial charge in [0.25, 0.3) is 0 Å². The molecule has 0 aliphatic heterocycles. The second-order valence-corrected chi connectivity index (χ2v) is 15.1. The zero-order valence-electron chi connectivity index (χ0n) is 19.0. The van der Waals surface area contributed by atoms with Crippen LogP contribution in [0.15, 0.2) is 121 Å². The van der Waals surface area contributed by atoms with Gasteiger partial charge in [-0.2, -0.15) is 0 Å². The van der Waals surface area contributed by atoms with Gasteiger partial charge in [-0.05, 0) is 11.1 Å². The average molecular weight is 473 g/mol. The van der Waals surface area contributed by atoms with E-state index in [1.807, 2.05) is 128 Å². The second-order valence-electron chi connectivity index (χ2n) is 8.71. The Labute approximate surface area is 197 Å². The van der Waals surface area contributed by atoms with E-state index in [9.17, 15) is 9.13 Å². The van der Waals surface area contributed by atoms with Gasteiger partial charge < -0.3 is 9.13 Å². The third-order valence-electron chi connectivity index (χ3n) is 6.12. The summed E-state index contributed by atoms with van der Waals surface area (Å²) in [4.78, 5) is 0. The van der Waals surface area contributed by atoms with Crippen molar-refractivity contribution in [3.8, 4) is 0 Å². The predicted molar refractivity (Wildman–Crippen MR) is 142 cm³/mol. The van der Waals surface area contributed by atoms with Crippen molar-refractivity contribution in [3.63, 3.8) is 0 Å². The van der Waals surface area contributed by atoms with Crippen LogP contribution in [0.2, 0.25) is 0 Å². The molecule has 4 aromatic carbocycles. The summed E-state index contributed by atoms with van der Waals surface area (Å²) in [5.41, 5.74) is 1.89. The van der Waals surface area contributed by atoms with Gasteiger partial charge in [0.2, 0.25) is 0 Å². The predicted octanol–water partition coefficient (Wildman–Crippen LogP) is 7.15. The van der Waals surface area contributed by atoms with Crippen LogP contribution in [-0.4, -0.2) is 11.8 Å². The van der Waals surface area contributed by atoms with E-state index in [2.05, 4.69) is 0 Å². The van der Waals surface area contributed by atoms with E-state index in [0.29, 0.717) is 18.5 Å². The largest absolute Gasteiger partial charge is 0.323 e. The first-order chi connectivity index (χ1) is 16.0. The van der Waals surface area contributed by atoms with Gasteiger partial charge in [0.15, 0.2) is 0 Å². The van der Waals surface area contributed by atoms with Crippen molar-refractivity contribution in [2.75, 3.05) is 6.16 Å². The van der Waals surface area contributed by atoms with E-state index < -0.39 is 14.3 Å². The highest BCUT2D eigenvalue weighted by Crippen LogP contribution is 2.59. The van der Waals surface area contributed by atoms with Crippen LogP contribution in [0.5, 0.6) is 0 Å². The lowest BCUT2D eigenvalue weighted by Gasteiger charge is -2.30. The molecule has 0 spiro atoms. The highest BCUT2D eigenvalue weighted by Gasteiger charge is 2.38. The summed E-state index contributed by atoms with van der Waals surface area (Å²) in [6, 6.07) is 39.5. The number of rotatable bonds is 9. The fraction of sp³-hybridized carbons (Fsp3) is 0.172. The minimum Gasteiger partial charge on any atom is -0.323 e. The molecule has 0 fully saturated rings. The van der Waals surface area contributed by atoms with Crippen molar-refractivity contribution >= 4 is 24.9 Å². The maximum atomic E-state index is 14.8. The molecular formula is C29H30O2P2. The first-order valence-electron chi connectivity index (χ1n) is 11.4. The van der Waals surface area contributed by atoms with Gasteiger partial charge in [-0.25, -0.2) is 0 Å². The van der Waals surface area contributed by atoms with E-state index >= 15 is 0 Å². The fourth-order valence-electron chi connectivity index (χ4n) is 4.57. The zero-order valence-corrected chi connectivity index (χ0v) is 20.7. The molecule has 0 aliphatic carbocycles. The average Bonchev–Trinajstić information content (AvgIpc) is 2.85. The molecule has 4 aromatic rings. The molecule has 33 heavy (non-hydrogen) atoms. The lowest BCUT2D eigenvalue weighted by molar-refractivity contribution is 0.566. The van der Waals surface area contributed by atoms with Crippen LogP contribution in [0.1, 0.15) is 18.1 Å². The van der Waals surface area contributed by atoms with Gasteiger partial charge in [-0.3, -0.25) is 0 Å². The summed E-state index contributed by atoms with van der Waals surface area (Å²) in [5.74, 6) is 0. The SMILES string of the molecule is CC(CP(=O)(Cc1ccccc1)Cc1ccccc1)P(=O)(c1ccccc1)c1ccccc1. The number of benzene rings is 4. The summed E-state index contributed by atoms with van der Waals surface area (Å²) < 4.78 is 29.3. The molecule has 1 unspecified atom stereocenters. The summed E-state index contributed by atoms with van der Waals surface area (Å²) in [6.07, 6.45) is 1.45. The van der Waals surface area contributed by atoms with Gasteiger partial charge in [0.1, 0.15) is 7.14 Å². The molecule has 0 bridgehead atoms. The molecule has 0 amide bonds. The second kappa shape index (κ2) is 10.5. The number of hydrogen-bond donors (Lipinski definition) is 0. The minimum absolute atomic E-state index is 0.249. The minimum atomic E-state index is -2.99. The van der Waals surface area contributed by atoms with Gasteiger partial charge in [-0.15, -0.1) is 0 Å². The van der Waals surface area contributed by atoms with Crippen molar-refractivity contribution in [1.29, 1.82) is 0 Å². The van der Waals surface area contributed by atoms with Crippen molar-refractivity contribution < 1.29 is 9.13 Å². The summed E-state index contributed by atoms with van der Waals surface area (Å²) in [7, 11) is -5.72. The van der Waals surface area contributed by atoms with Crippen LogP contribution in [0.4, 0.5) is 0 Å². The topological polar surface area (TPSA) is 34.1 Å². The van der Waals surface area contributed by atoms with Crippen LogP contribution >= 0.6 is 14.3 Å². The van der Waals surface area contributed by atoms with Crippen LogP contribution in [0, 0.1) is 0 Å². The molecular weight excluding hydrogens is 442 g/mol. The maximum Gasteiger partial charge on any atom is 0.146 e. The summed E-state index contributed by atoms with van der Waals surface area (Å²) >= 11 is 0. The van der Waals surface area contributed by atoms with Crippen LogP contribution < -0.4 is 10.6 Å². The van der Waals surface area contributed by atoms with Crippen molar-refractivity contribution in [2.45, 2.75) is 24.9 Å². The van der Waals surface area contributed by atoms with Gasteiger partial charge >= 0.3 is 0 Å². The first kappa shape index (κ1) is 23.5. The van der Waals surface area contributed by atoms with Crippen molar-refractivity contribution in [2.24, 2.45) is 0 Å². The van der Waals surface area contributed by atoms with E-state index in [0.717, 1.165) is 21.7 Å². The maximum absolute atomic E-state index is 14.8. The normalized spacial score (nSPS) is 12.9. The Morgan fingerprint density at radius 3 is 1.24 bits per heavy atom. The monoisotopic (exact) mass is 472 g/mol. The molecule has 1 atom stereocenters. The van der Waals surface area contributed by atoms with Crippen molar-refractivity contribution in [1.82, 2.24) is 0 Å². The molecule has 0 N–H and O–H groups in total. The molecule has 0 aromatic heterocycles. The highest BCUT2D eigenvalue weighted by atomic mass is 31.2. The van der Waals surface area contributed by atoms with E-state index in [1.54, 1.807) is 0 Å². The van der Waals surface area contributed by atoms with E-state index in [1.165, 1.54) is 0 Å². The highest BCUT2D eigenvalue weighted by molar-refractivity contribution is 7.80. The molecule has 0 saturated heterocycles. The molecule has 0 radical (unpaired) electrons. The standard InChI is InChI=1S/C29H30O2P2/c1-25(33(31,28-18-10-4-11-19-28)29-20-12-5-13-21-29)22-32(30,23-26-14-6-2-7-15-26)24-27-16-8-3-9-17-27/h2-21,25H,22-24H2,1H3. The quantitative estimate of drug-likeness (QED) is 0.242. The molecule has 0 heterocycles. The van der Waals surface area contributed by atoms with E-state index in [4.69, 9.17) is 0 Å². The molecule has 168 valence electrons. The van der Waals surface area contributed by atoms with Crippen LogP contribution in [-0.2, 0) is 21.5 Å². The van der Waals surface area contributed by atoms with Gasteiger partial charge in [0.05, 0.1) is 7.14 Å².